The Hall–Kier alpha value is -3.45. The number of para-hydroxylation sites is 1. The number of carbonyl (C=O) groups is 1. The molecule has 3 heterocycles. The molecular weight excluding hydrogens is 506 g/mol. The van der Waals surface area contributed by atoms with Crippen LogP contribution in [-0.2, 0) is 28.1 Å². The van der Waals surface area contributed by atoms with Crippen LogP contribution in [0.15, 0.2) is 54.7 Å². The second-order valence-corrected chi connectivity index (χ2v) is 14.5. The number of aliphatic hydroxyl groups is 1. The third-order valence-corrected chi connectivity index (χ3v) is 10.2. The molecule has 1 aromatic heterocycles. The summed E-state index contributed by atoms with van der Waals surface area (Å²) < 4.78 is 8.39. The average Bonchev–Trinajstić information content (AvgIpc) is 3.52. The molecule has 0 aliphatic carbocycles. The molecule has 1 saturated heterocycles. The quantitative estimate of drug-likeness (QED) is 0.253. The van der Waals surface area contributed by atoms with Gasteiger partial charge in [-0.15, -0.1) is 5.10 Å². The van der Waals surface area contributed by atoms with Crippen LogP contribution in [-0.4, -0.2) is 56.8 Å². The third kappa shape index (κ3) is 4.23. The highest BCUT2D eigenvalue weighted by atomic mass is 28.4. The van der Waals surface area contributed by atoms with Crippen LogP contribution in [0.5, 0.6) is 0 Å². The molecule has 0 radical (unpaired) electrons. The molecule has 5 rings (SSSR count). The summed E-state index contributed by atoms with van der Waals surface area (Å²) in [4.78, 5) is 38.6. The predicted octanol–water partition coefficient (Wildman–Crippen LogP) is 3.29. The maximum absolute atomic E-state index is 14.4. The van der Waals surface area contributed by atoms with Gasteiger partial charge in [-0.2, -0.15) is 0 Å². The summed E-state index contributed by atoms with van der Waals surface area (Å²) in [5.74, 6) is -0.759. The van der Waals surface area contributed by atoms with E-state index in [4.69, 9.17) is 9.84 Å². The zero-order valence-corrected chi connectivity index (χ0v) is 22.5. The fraction of sp³-hybridized carbons (Fsp3) is 0.423. The standard InChI is InChI=1S/C26H31N5O6Si/c1-17-24(38(2,3)36)23(11-13-29-16-18(12-14-32)27-28-29)37-26(17)21-15-20(31(34)35)9-10-22(21)30(25(26)33)19-7-5-4-6-8-19/h4-10,15-17,23-24,32,36H,11-14H2,1-3H3/t17-,23+,24-,26+/m1/s1. The summed E-state index contributed by atoms with van der Waals surface area (Å²) in [6, 6.07) is 13.6. The van der Waals surface area contributed by atoms with Crippen LogP contribution in [0.3, 0.4) is 0 Å². The largest absolute Gasteiger partial charge is 0.432 e. The number of carbonyl (C=O) groups excluding carboxylic acids is 1. The SMILES string of the molecule is C[C@@H]1[C@@H]([Si](C)(C)O)[C@H](CCn2cc(CCO)nn2)O[C@@]12C(=O)N(c1ccccc1)c1ccc([N+](=O)[O-])cc12. The van der Waals surface area contributed by atoms with Crippen molar-refractivity contribution in [2.24, 2.45) is 5.92 Å². The number of hydrogen-bond acceptors (Lipinski definition) is 8. The van der Waals surface area contributed by atoms with Crippen LogP contribution in [0.4, 0.5) is 17.1 Å². The van der Waals surface area contributed by atoms with E-state index in [-0.39, 0.29) is 23.7 Å². The van der Waals surface area contributed by atoms with Crippen molar-refractivity contribution in [3.05, 3.63) is 76.1 Å². The first-order valence-electron chi connectivity index (χ1n) is 12.7. The number of nitro benzene ring substituents is 1. The number of aliphatic hydroxyl groups excluding tert-OH is 1. The van der Waals surface area contributed by atoms with E-state index >= 15 is 0 Å². The summed E-state index contributed by atoms with van der Waals surface area (Å²) in [6.07, 6.45) is 2.13. The van der Waals surface area contributed by atoms with Gasteiger partial charge in [0.25, 0.3) is 11.6 Å². The minimum absolute atomic E-state index is 0.0254. The summed E-state index contributed by atoms with van der Waals surface area (Å²) >= 11 is 0. The van der Waals surface area contributed by atoms with E-state index in [0.29, 0.717) is 42.0 Å². The van der Waals surface area contributed by atoms with Crippen molar-refractivity contribution < 1.29 is 24.4 Å². The first-order chi connectivity index (χ1) is 18.1. The number of fused-ring (bicyclic) bond motifs is 2. The van der Waals surface area contributed by atoms with Crippen LogP contribution in [0.25, 0.3) is 0 Å². The Labute approximate surface area is 220 Å². The van der Waals surface area contributed by atoms with E-state index < -0.39 is 30.9 Å². The number of aryl methyl sites for hydroxylation is 1. The molecule has 3 aromatic rings. The van der Waals surface area contributed by atoms with Crippen molar-refractivity contribution in [1.29, 1.82) is 0 Å². The number of hydrogen-bond donors (Lipinski definition) is 2. The lowest BCUT2D eigenvalue weighted by Gasteiger charge is -2.32. The summed E-state index contributed by atoms with van der Waals surface area (Å²) in [7, 11) is -2.89. The molecule has 12 heteroatoms. The molecule has 0 bridgehead atoms. The molecule has 1 spiro atoms. The molecule has 11 nitrogen and oxygen atoms in total. The van der Waals surface area contributed by atoms with Gasteiger partial charge in [-0.3, -0.25) is 24.5 Å². The fourth-order valence-electron chi connectivity index (χ4n) is 6.14. The van der Waals surface area contributed by atoms with Crippen molar-refractivity contribution in [3.63, 3.8) is 0 Å². The van der Waals surface area contributed by atoms with Crippen LogP contribution < -0.4 is 4.90 Å². The molecule has 1 fully saturated rings. The molecule has 2 N–H and O–H groups in total. The highest BCUT2D eigenvalue weighted by Crippen LogP contribution is 2.61. The van der Waals surface area contributed by atoms with Gasteiger partial charge in [-0.05, 0) is 37.7 Å². The summed E-state index contributed by atoms with van der Waals surface area (Å²) in [5.41, 5.74) is 0.369. The lowest BCUT2D eigenvalue weighted by Crippen LogP contribution is -2.45. The number of nitrogens with zero attached hydrogens (tertiary/aromatic N) is 5. The summed E-state index contributed by atoms with van der Waals surface area (Å²) in [5, 5.41) is 29.1. The molecule has 4 atom stereocenters. The first-order valence-corrected chi connectivity index (χ1v) is 15.7. The van der Waals surface area contributed by atoms with Crippen LogP contribution in [0.1, 0.15) is 24.6 Å². The normalized spacial score (nSPS) is 24.8. The van der Waals surface area contributed by atoms with E-state index in [1.807, 2.05) is 50.3 Å². The summed E-state index contributed by atoms with van der Waals surface area (Å²) in [6.45, 7) is 5.98. The number of nitro groups is 1. The molecule has 1 amide bonds. The third-order valence-electron chi connectivity index (χ3n) is 7.70. The number of anilines is 2. The molecule has 200 valence electrons. The highest BCUT2D eigenvalue weighted by Gasteiger charge is 2.66. The molecular formula is C26H31N5O6Si. The Morgan fingerprint density at radius 1 is 1.21 bits per heavy atom. The van der Waals surface area contributed by atoms with E-state index in [1.54, 1.807) is 21.8 Å². The zero-order chi connectivity index (χ0) is 27.2. The van der Waals surface area contributed by atoms with Gasteiger partial charge < -0.3 is 14.6 Å². The minimum atomic E-state index is -2.89. The zero-order valence-electron chi connectivity index (χ0n) is 21.5. The van der Waals surface area contributed by atoms with Gasteiger partial charge in [0.15, 0.2) is 13.9 Å². The van der Waals surface area contributed by atoms with Gasteiger partial charge >= 0.3 is 0 Å². The van der Waals surface area contributed by atoms with E-state index in [0.717, 1.165) is 0 Å². The van der Waals surface area contributed by atoms with Crippen molar-refractivity contribution in [3.8, 4) is 0 Å². The van der Waals surface area contributed by atoms with Crippen molar-refractivity contribution >= 4 is 31.3 Å². The van der Waals surface area contributed by atoms with E-state index in [2.05, 4.69) is 10.3 Å². The minimum Gasteiger partial charge on any atom is -0.432 e. The average molecular weight is 538 g/mol. The number of aromatic nitrogens is 3. The van der Waals surface area contributed by atoms with E-state index in [1.165, 1.54) is 12.1 Å². The highest BCUT2D eigenvalue weighted by molar-refractivity contribution is 6.71. The van der Waals surface area contributed by atoms with Gasteiger partial charge in [0, 0.05) is 60.6 Å². The second-order valence-electron chi connectivity index (χ2n) is 10.5. The van der Waals surface area contributed by atoms with Crippen molar-refractivity contribution in [2.75, 3.05) is 11.5 Å². The number of non-ortho nitro benzene ring substituents is 1. The Morgan fingerprint density at radius 2 is 1.95 bits per heavy atom. The maximum atomic E-state index is 14.4. The number of benzene rings is 2. The maximum Gasteiger partial charge on any atom is 0.269 e. The topological polar surface area (TPSA) is 144 Å². The molecule has 38 heavy (non-hydrogen) atoms. The molecule has 0 saturated carbocycles. The smallest absolute Gasteiger partial charge is 0.269 e. The molecule has 2 aliphatic rings. The van der Waals surface area contributed by atoms with Gasteiger partial charge in [-0.1, -0.05) is 30.3 Å². The Balaban J connectivity index is 1.58. The Kier molecular flexibility index (Phi) is 6.67. The molecule has 2 aliphatic heterocycles. The Morgan fingerprint density at radius 3 is 2.61 bits per heavy atom. The monoisotopic (exact) mass is 537 g/mol. The number of rotatable bonds is 8. The van der Waals surface area contributed by atoms with Crippen LogP contribution in [0.2, 0.25) is 18.6 Å². The van der Waals surface area contributed by atoms with Crippen LogP contribution in [0, 0.1) is 16.0 Å². The van der Waals surface area contributed by atoms with Gasteiger partial charge in [0.1, 0.15) is 0 Å². The fourth-order valence-corrected chi connectivity index (χ4v) is 8.75. The van der Waals surface area contributed by atoms with E-state index in [9.17, 15) is 19.7 Å². The first kappa shape index (κ1) is 26.2. The van der Waals surface area contributed by atoms with Gasteiger partial charge in [-0.25, -0.2) is 0 Å². The number of ether oxygens (including phenoxy) is 1. The second kappa shape index (κ2) is 9.69. The van der Waals surface area contributed by atoms with Gasteiger partial charge in [0.2, 0.25) is 0 Å². The number of amides is 1. The van der Waals surface area contributed by atoms with Crippen LogP contribution >= 0.6 is 0 Å². The van der Waals surface area contributed by atoms with Crippen molar-refractivity contribution in [1.82, 2.24) is 15.0 Å². The molecule has 2 aromatic carbocycles. The Bertz CT molecular complexity index is 1360. The lowest BCUT2D eigenvalue weighted by atomic mass is 9.82. The van der Waals surface area contributed by atoms with Crippen molar-refractivity contribution in [2.45, 2.75) is 56.7 Å². The van der Waals surface area contributed by atoms with Gasteiger partial charge in [0.05, 0.1) is 22.4 Å². The molecule has 0 unspecified atom stereocenters. The lowest BCUT2D eigenvalue weighted by molar-refractivity contribution is -0.385. The predicted molar refractivity (Wildman–Crippen MR) is 141 cm³/mol.